The monoisotopic (exact) mass is 288 g/mol. The van der Waals surface area contributed by atoms with Crippen LogP contribution in [-0.2, 0) is 14.9 Å². The summed E-state index contributed by atoms with van der Waals surface area (Å²) in [6.07, 6.45) is 0.117. The van der Waals surface area contributed by atoms with Crippen LogP contribution < -0.4 is 10.2 Å². The smallest absolute Gasteiger partial charge is 0.421 e. The van der Waals surface area contributed by atoms with Crippen molar-refractivity contribution in [3.05, 3.63) is 29.8 Å². The van der Waals surface area contributed by atoms with Gasteiger partial charge in [-0.25, -0.2) is 9.69 Å². The summed E-state index contributed by atoms with van der Waals surface area (Å²) >= 11 is 0. The third-order valence-corrected chi connectivity index (χ3v) is 4.00. The average molecular weight is 288 g/mol. The van der Waals surface area contributed by atoms with E-state index in [0.29, 0.717) is 18.7 Å². The van der Waals surface area contributed by atoms with Gasteiger partial charge in [0.25, 0.3) is 0 Å². The van der Waals surface area contributed by atoms with Crippen LogP contribution in [0.5, 0.6) is 0 Å². The summed E-state index contributed by atoms with van der Waals surface area (Å²) < 4.78 is 5.40. The van der Waals surface area contributed by atoms with Crippen LogP contribution in [0.25, 0.3) is 0 Å². The highest BCUT2D eigenvalue weighted by atomic mass is 16.6. The Balaban J connectivity index is 2.03. The van der Waals surface area contributed by atoms with E-state index in [0.717, 1.165) is 12.1 Å². The van der Waals surface area contributed by atoms with Crippen molar-refractivity contribution in [3.63, 3.8) is 0 Å². The average Bonchev–Trinajstić information content (AvgIpc) is 2.95. The molecule has 2 amide bonds. The molecule has 1 atom stereocenters. The molecule has 1 aromatic carbocycles. The lowest BCUT2D eigenvalue weighted by atomic mass is 9.81. The largest absolute Gasteiger partial charge is 0.443 e. The molecular weight excluding hydrogens is 268 g/mol. The molecule has 112 valence electrons. The molecule has 0 aliphatic carbocycles. The molecule has 1 saturated heterocycles. The van der Waals surface area contributed by atoms with Gasteiger partial charge in [-0.05, 0) is 45.4 Å². The maximum atomic E-state index is 12.9. The Labute approximate surface area is 124 Å². The van der Waals surface area contributed by atoms with Crippen LogP contribution in [0.2, 0.25) is 0 Å². The van der Waals surface area contributed by atoms with Gasteiger partial charge in [0, 0.05) is 6.54 Å². The number of hydrogen-bond donors (Lipinski definition) is 1. The number of nitrogens with zero attached hydrogens (tertiary/aromatic N) is 1. The van der Waals surface area contributed by atoms with Gasteiger partial charge in [-0.1, -0.05) is 18.2 Å². The second-order valence-corrected chi connectivity index (χ2v) is 6.65. The maximum Gasteiger partial charge on any atom is 0.421 e. The van der Waals surface area contributed by atoms with E-state index in [4.69, 9.17) is 4.74 Å². The summed E-state index contributed by atoms with van der Waals surface area (Å²) in [4.78, 5) is 26.5. The number of amides is 2. The van der Waals surface area contributed by atoms with Crippen molar-refractivity contribution in [2.75, 3.05) is 18.0 Å². The first-order chi connectivity index (χ1) is 9.85. The van der Waals surface area contributed by atoms with Crippen LogP contribution in [0.4, 0.5) is 10.5 Å². The number of carbonyl (C=O) groups is 2. The fourth-order valence-corrected chi connectivity index (χ4v) is 3.11. The Morgan fingerprint density at radius 2 is 2.05 bits per heavy atom. The molecule has 2 aliphatic heterocycles. The summed E-state index contributed by atoms with van der Waals surface area (Å²) in [7, 11) is 0. The van der Waals surface area contributed by atoms with Crippen molar-refractivity contribution < 1.29 is 14.3 Å². The van der Waals surface area contributed by atoms with E-state index >= 15 is 0 Å². The Morgan fingerprint density at radius 1 is 1.33 bits per heavy atom. The SMILES string of the molecule is CC(C)(C)OC(=O)N1C(=O)[C@@]2(CCNC2)c2ccccc21. The normalized spacial score (nSPS) is 24.5. The molecule has 5 heteroatoms. The van der Waals surface area contributed by atoms with E-state index in [2.05, 4.69) is 5.32 Å². The first kappa shape index (κ1) is 14.1. The van der Waals surface area contributed by atoms with Crippen LogP contribution in [0.1, 0.15) is 32.8 Å². The van der Waals surface area contributed by atoms with Crippen molar-refractivity contribution in [3.8, 4) is 0 Å². The van der Waals surface area contributed by atoms with Gasteiger partial charge in [-0.2, -0.15) is 0 Å². The molecule has 2 heterocycles. The molecule has 1 aromatic rings. The van der Waals surface area contributed by atoms with E-state index < -0.39 is 17.1 Å². The minimum absolute atomic E-state index is 0.178. The second-order valence-electron chi connectivity index (χ2n) is 6.65. The van der Waals surface area contributed by atoms with E-state index in [1.807, 2.05) is 24.3 Å². The van der Waals surface area contributed by atoms with Crippen molar-refractivity contribution in [1.82, 2.24) is 5.32 Å². The highest BCUT2D eigenvalue weighted by molar-refractivity contribution is 6.21. The molecule has 0 bridgehead atoms. The zero-order valence-corrected chi connectivity index (χ0v) is 12.6. The van der Waals surface area contributed by atoms with Crippen molar-refractivity contribution >= 4 is 17.7 Å². The number of hydrogen-bond acceptors (Lipinski definition) is 4. The molecule has 0 saturated carbocycles. The number of nitrogens with one attached hydrogen (secondary N) is 1. The van der Waals surface area contributed by atoms with Gasteiger partial charge in [0.1, 0.15) is 5.60 Å². The van der Waals surface area contributed by atoms with Crippen LogP contribution in [0.3, 0.4) is 0 Å². The first-order valence-electron chi connectivity index (χ1n) is 7.23. The maximum absolute atomic E-state index is 12.9. The van der Waals surface area contributed by atoms with Gasteiger partial charge < -0.3 is 10.1 Å². The Morgan fingerprint density at radius 3 is 2.67 bits per heavy atom. The van der Waals surface area contributed by atoms with Gasteiger partial charge in [0.2, 0.25) is 5.91 Å². The molecule has 0 unspecified atom stereocenters. The first-order valence-corrected chi connectivity index (χ1v) is 7.23. The second kappa shape index (κ2) is 4.56. The molecule has 0 aromatic heterocycles. The van der Waals surface area contributed by atoms with Gasteiger partial charge >= 0.3 is 6.09 Å². The minimum atomic E-state index is -0.629. The summed E-state index contributed by atoms with van der Waals surface area (Å²) in [5.41, 5.74) is 0.329. The zero-order chi connectivity index (χ0) is 15.3. The highest BCUT2D eigenvalue weighted by Gasteiger charge is 2.54. The van der Waals surface area contributed by atoms with Crippen LogP contribution in [-0.4, -0.2) is 30.7 Å². The number of imide groups is 1. The Bertz CT molecular complexity index is 598. The van der Waals surface area contributed by atoms with E-state index in [1.54, 1.807) is 20.8 Å². The molecule has 1 fully saturated rings. The minimum Gasteiger partial charge on any atom is -0.443 e. The molecular formula is C16H20N2O3. The summed E-state index contributed by atoms with van der Waals surface area (Å²) in [5.74, 6) is -0.178. The highest BCUT2D eigenvalue weighted by Crippen LogP contribution is 2.45. The van der Waals surface area contributed by atoms with Crippen LogP contribution in [0.15, 0.2) is 24.3 Å². The molecule has 2 aliphatic rings. The molecule has 1 spiro atoms. The van der Waals surface area contributed by atoms with Gasteiger partial charge in [-0.15, -0.1) is 0 Å². The fourth-order valence-electron chi connectivity index (χ4n) is 3.11. The van der Waals surface area contributed by atoms with Crippen LogP contribution in [0, 0.1) is 0 Å². The van der Waals surface area contributed by atoms with Crippen molar-refractivity contribution in [2.24, 2.45) is 0 Å². The lowest BCUT2D eigenvalue weighted by molar-refractivity contribution is -0.122. The zero-order valence-electron chi connectivity index (χ0n) is 12.6. The van der Waals surface area contributed by atoms with E-state index in [9.17, 15) is 9.59 Å². The Kier molecular flexibility index (Phi) is 3.06. The topological polar surface area (TPSA) is 58.6 Å². The number of fused-ring (bicyclic) bond motifs is 2. The van der Waals surface area contributed by atoms with Crippen molar-refractivity contribution in [2.45, 2.75) is 38.2 Å². The predicted octanol–water partition coefficient (Wildman–Crippen LogP) is 2.20. The number of rotatable bonds is 0. The predicted molar refractivity (Wildman–Crippen MR) is 79.3 cm³/mol. The number of benzene rings is 1. The molecule has 3 rings (SSSR count). The lowest BCUT2D eigenvalue weighted by Gasteiger charge is -2.25. The molecule has 1 N–H and O–H groups in total. The summed E-state index contributed by atoms with van der Waals surface area (Å²) in [6.45, 7) is 6.74. The molecule has 21 heavy (non-hydrogen) atoms. The number of ether oxygens (including phenoxy) is 1. The standard InChI is InChI=1S/C16H20N2O3/c1-15(2,3)21-14(20)18-12-7-5-4-6-11(12)16(13(18)19)8-9-17-10-16/h4-7,17H,8-10H2,1-3H3/t16-/m1/s1. The van der Waals surface area contributed by atoms with Gasteiger partial charge in [0.05, 0.1) is 11.1 Å². The van der Waals surface area contributed by atoms with Gasteiger partial charge in [-0.3, -0.25) is 4.79 Å². The third kappa shape index (κ3) is 2.12. The number of anilines is 1. The van der Waals surface area contributed by atoms with Crippen molar-refractivity contribution in [1.29, 1.82) is 0 Å². The number of para-hydroxylation sites is 1. The van der Waals surface area contributed by atoms with Gasteiger partial charge in [0.15, 0.2) is 0 Å². The molecule has 5 nitrogen and oxygen atoms in total. The summed E-state index contributed by atoms with van der Waals surface area (Å²) in [5, 5.41) is 3.23. The fraction of sp³-hybridized carbons (Fsp3) is 0.500. The lowest BCUT2D eigenvalue weighted by Crippen LogP contribution is -2.46. The third-order valence-electron chi connectivity index (χ3n) is 4.00. The summed E-state index contributed by atoms with van der Waals surface area (Å²) in [6, 6.07) is 7.49. The Hall–Kier alpha value is -1.88. The molecule has 0 radical (unpaired) electrons. The quantitative estimate of drug-likeness (QED) is 0.795. The van der Waals surface area contributed by atoms with E-state index in [1.165, 1.54) is 4.90 Å². The van der Waals surface area contributed by atoms with Crippen LogP contribution >= 0.6 is 0 Å². The van der Waals surface area contributed by atoms with E-state index in [-0.39, 0.29) is 5.91 Å². The number of carbonyl (C=O) groups excluding carboxylic acids is 2.